The highest BCUT2D eigenvalue weighted by Gasteiger charge is 2.38. The third-order valence-electron chi connectivity index (χ3n) is 2.95. The Kier molecular flexibility index (Phi) is 2.56. The topological polar surface area (TPSA) is 39.1 Å². The molecule has 0 unspecified atom stereocenters. The molecule has 2 heterocycles. The van der Waals surface area contributed by atoms with E-state index in [4.69, 9.17) is 4.74 Å². The molecule has 0 atom stereocenters. The highest BCUT2D eigenvalue weighted by Crippen LogP contribution is 2.20. The Balaban J connectivity index is 2.09. The number of hydrogen-bond acceptors (Lipinski definition) is 3. The number of aromatic nitrogens is 2. The lowest BCUT2D eigenvalue weighted by molar-refractivity contribution is -0.0520. The third kappa shape index (κ3) is 1.55. The summed E-state index contributed by atoms with van der Waals surface area (Å²) >= 11 is 0. The second-order valence-corrected chi connectivity index (χ2v) is 3.80. The molecular weight excluding hydrogens is 178 g/mol. The van der Waals surface area contributed by atoms with E-state index in [2.05, 4.69) is 21.8 Å². The van der Waals surface area contributed by atoms with Gasteiger partial charge in [0.15, 0.2) is 0 Å². The summed E-state index contributed by atoms with van der Waals surface area (Å²) in [5.74, 6) is 1.12. The molecule has 4 heteroatoms. The number of ether oxygens (including phenoxy) is 1. The predicted molar refractivity (Wildman–Crippen MR) is 54.2 cm³/mol. The average molecular weight is 195 g/mol. The first-order valence-corrected chi connectivity index (χ1v) is 5.05. The molecule has 0 aliphatic carbocycles. The van der Waals surface area contributed by atoms with Gasteiger partial charge in [0.25, 0.3) is 0 Å². The zero-order valence-corrected chi connectivity index (χ0v) is 8.79. The highest BCUT2D eigenvalue weighted by atomic mass is 16.5. The van der Waals surface area contributed by atoms with Crippen LogP contribution in [0, 0.1) is 0 Å². The first kappa shape index (κ1) is 9.68. The van der Waals surface area contributed by atoms with Crippen molar-refractivity contribution in [3.63, 3.8) is 0 Å². The highest BCUT2D eigenvalue weighted by molar-refractivity contribution is 5.05. The van der Waals surface area contributed by atoms with Gasteiger partial charge in [-0.05, 0) is 6.92 Å². The van der Waals surface area contributed by atoms with Crippen molar-refractivity contribution in [2.75, 3.05) is 20.2 Å². The minimum Gasteiger partial charge on any atom is -0.375 e. The van der Waals surface area contributed by atoms with E-state index in [0.29, 0.717) is 0 Å². The van der Waals surface area contributed by atoms with E-state index in [1.807, 2.05) is 12.4 Å². The van der Waals surface area contributed by atoms with Gasteiger partial charge in [0.2, 0.25) is 0 Å². The van der Waals surface area contributed by atoms with Crippen LogP contribution in [0.2, 0.25) is 0 Å². The fraction of sp³-hybridized carbons (Fsp3) is 0.700. The Labute approximate surface area is 84.3 Å². The van der Waals surface area contributed by atoms with E-state index in [0.717, 1.165) is 31.9 Å². The molecule has 14 heavy (non-hydrogen) atoms. The average Bonchev–Trinajstić information content (AvgIpc) is 2.58. The van der Waals surface area contributed by atoms with Gasteiger partial charge in [0.1, 0.15) is 5.82 Å². The van der Waals surface area contributed by atoms with Gasteiger partial charge >= 0.3 is 0 Å². The number of rotatable bonds is 4. The summed E-state index contributed by atoms with van der Waals surface area (Å²) < 4.78 is 7.70. The quantitative estimate of drug-likeness (QED) is 0.757. The molecule has 0 bridgehead atoms. The Morgan fingerprint density at radius 1 is 1.64 bits per heavy atom. The molecule has 78 valence electrons. The van der Waals surface area contributed by atoms with Crippen LogP contribution in [0.3, 0.4) is 0 Å². The molecule has 2 rings (SSSR count). The first-order chi connectivity index (χ1) is 6.79. The summed E-state index contributed by atoms with van der Waals surface area (Å²) in [5.41, 5.74) is -0.0156. The maximum absolute atomic E-state index is 5.53. The van der Waals surface area contributed by atoms with E-state index in [9.17, 15) is 0 Å². The van der Waals surface area contributed by atoms with Crippen molar-refractivity contribution in [2.45, 2.75) is 25.5 Å². The number of nitrogens with zero attached hydrogens (tertiary/aromatic N) is 2. The second kappa shape index (κ2) is 3.71. The molecule has 1 N–H and O–H groups in total. The van der Waals surface area contributed by atoms with Gasteiger partial charge in [-0.15, -0.1) is 0 Å². The van der Waals surface area contributed by atoms with Crippen LogP contribution in [0.25, 0.3) is 0 Å². The Hall–Kier alpha value is -0.870. The van der Waals surface area contributed by atoms with E-state index in [1.165, 1.54) is 0 Å². The molecule has 4 nitrogen and oxygen atoms in total. The molecule has 1 aromatic rings. The van der Waals surface area contributed by atoms with Crippen molar-refractivity contribution in [1.29, 1.82) is 0 Å². The molecular formula is C10H17N3O. The third-order valence-corrected chi connectivity index (χ3v) is 2.95. The number of methoxy groups -OCH3 is 1. The largest absolute Gasteiger partial charge is 0.375 e. The van der Waals surface area contributed by atoms with E-state index in [-0.39, 0.29) is 5.60 Å². The van der Waals surface area contributed by atoms with Crippen LogP contribution in [0.1, 0.15) is 12.7 Å². The summed E-state index contributed by atoms with van der Waals surface area (Å²) in [6.45, 7) is 4.96. The number of aryl methyl sites for hydroxylation is 1. The lowest BCUT2D eigenvalue weighted by Crippen LogP contribution is -2.62. The van der Waals surface area contributed by atoms with E-state index in [1.54, 1.807) is 7.11 Å². The lowest BCUT2D eigenvalue weighted by Gasteiger charge is -2.41. The standard InChI is InChI=1S/C10H17N3O/c1-3-13-5-4-12-9(13)6-10(14-2)7-11-8-10/h4-5,11H,3,6-8H2,1-2H3. The summed E-state index contributed by atoms with van der Waals surface area (Å²) in [4.78, 5) is 4.36. The zero-order chi connectivity index (χ0) is 10.0. The van der Waals surface area contributed by atoms with Crippen LogP contribution in [0.5, 0.6) is 0 Å². The number of imidazole rings is 1. The maximum Gasteiger partial charge on any atom is 0.111 e. The lowest BCUT2D eigenvalue weighted by atomic mass is 9.92. The van der Waals surface area contributed by atoms with Crippen molar-refractivity contribution in [1.82, 2.24) is 14.9 Å². The number of hydrogen-bond donors (Lipinski definition) is 1. The van der Waals surface area contributed by atoms with E-state index >= 15 is 0 Å². The first-order valence-electron chi connectivity index (χ1n) is 5.05. The van der Waals surface area contributed by atoms with Crippen molar-refractivity contribution < 1.29 is 4.74 Å². The van der Waals surface area contributed by atoms with Gasteiger partial charge in [-0.1, -0.05) is 0 Å². The van der Waals surface area contributed by atoms with Gasteiger partial charge in [0.05, 0.1) is 5.60 Å². The molecule has 0 spiro atoms. The fourth-order valence-electron chi connectivity index (χ4n) is 1.83. The van der Waals surface area contributed by atoms with Crippen molar-refractivity contribution >= 4 is 0 Å². The predicted octanol–water partition coefficient (Wildman–Crippen LogP) is 0.434. The van der Waals surface area contributed by atoms with Crippen LogP contribution in [-0.4, -0.2) is 35.4 Å². The van der Waals surface area contributed by atoms with Crippen LogP contribution in [0.4, 0.5) is 0 Å². The molecule has 1 aromatic heterocycles. The SMILES string of the molecule is CCn1ccnc1CC1(OC)CNC1. The molecule has 0 saturated carbocycles. The van der Waals surface area contributed by atoms with Crippen molar-refractivity contribution in [3.8, 4) is 0 Å². The monoisotopic (exact) mass is 195 g/mol. The molecule has 1 saturated heterocycles. The van der Waals surface area contributed by atoms with Crippen LogP contribution >= 0.6 is 0 Å². The molecule has 0 aromatic carbocycles. The van der Waals surface area contributed by atoms with Gasteiger partial charge in [-0.3, -0.25) is 0 Å². The molecule has 1 fully saturated rings. The fourth-order valence-corrected chi connectivity index (χ4v) is 1.83. The van der Waals surface area contributed by atoms with Gasteiger partial charge in [-0.25, -0.2) is 4.98 Å². The Morgan fingerprint density at radius 3 is 2.93 bits per heavy atom. The van der Waals surface area contributed by atoms with E-state index < -0.39 is 0 Å². The normalized spacial score (nSPS) is 19.3. The van der Waals surface area contributed by atoms with Crippen molar-refractivity contribution in [3.05, 3.63) is 18.2 Å². The minimum absolute atomic E-state index is 0.0156. The smallest absolute Gasteiger partial charge is 0.111 e. The van der Waals surface area contributed by atoms with Crippen LogP contribution in [0.15, 0.2) is 12.4 Å². The van der Waals surface area contributed by atoms with Gasteiger partial charge in [0, 0.05) is 45.6 Å². The van der Waals surface area contributed by atoms with Gasteiger partial charge in [-0.2, -0.15) is 0 Å². The summed E-state index contributed by atoms with van der Waals surface area (Å²) in [5, 5.41) is 3.24. The Morgan fingerprint density at radius 2 is 2.43 bits per heavy atom. The zero-order valence-electron chi connectivity index (χ0n) is 8.79. The summed E-state index contributed by atoms with van der Waals surface area (Å²) in [6.07, 6.45) is 4.77. The molecule has 1 aliphatic heterocycles. The molecule has 0 amide bonds. The maximum atomic E-state index is 5.53. The molecule has 1 aliphatic rings. The number of nitrogens with one attached hydrogen (secondary N) is 1. The van der Waals surface area contributed by atoms with Crippen molar-refractivity contribution in [2.24, 2.45) is 0 Å². The second-order valence-electron chi connectivity index (χ2n) is 3.80. The summed E-state index contributed by atoms with van der Waals surface area (Å²) in [7, 11) is 1.78. The molecule has 0 radical (unpaired) electrons. The van der Waals surface area contributed by atoms with Gasteiger partial charge < -0.3 is 14.6 Å². The van der Waals surface area contributed by atoms with Crippen LogP contribution < -0.4 is 5.32 Å². The van der Waals surface area contributed by atoms with Crippen LogP contribution in [-0.2, 0) is 17.7 Å². The summed E-state index contributed by atoms with van der Waals surface area (Å²) in [6, 6.07) is 0. The minimum atomic E-state index is -0.0156. The Bertz CT molecular complexity index is 299.